The van der Waals surface area contributed by atoms with Gasteiger partial charge >= 0.3 is 6.09 Å². The fourth-order valence-corrected chi connectivity index (χ4v) is 4.54. The van der Waals surface area contributed by atoms with Crippen molar-refractivity contribution >= 4 is 6.09 Å². The summed E-state index contributed by atoms with van der Waals surface area (Å²) < 4.78 is 18.0. The van der Waals surface area contributed by atoms with Gasteiger partial charge in [0.05, 0.1) is 11.3 Å². The normalized spacial score (nSPS) is 25.8. The van der Waals surface area contributed by atoms with Gasteiger partial charge in [-0.15, -0.1) is 0 Å². The molecule has 0 aromatic carbocycles. The maximum absolute atomic E-state index is 12.7. The van der Waals surface area contributed by atoms with E-state index in [1.807, 2.05) is 37.8 Å². The molecule has 2 bridgehead atoms. The molecule has 5 rings (SSSR count). The van der Waals surface area contributed by atoms with Crippen LogP contribution >= 0.6 is 0 Å². The zero-order valence-corrected chi connectivity index (χ0v) is 18.2. The molecule has 0 radical (unpaired) electrons. The highest BCUT2D eigenvalue weighted by Gasteiger charge is 2.49. The lowest BCUT2D eigenvalue weighted by atomic mass is 10.0. The second-order valence-corrected chi connectivity index (χ2v) is 9.12. The van der Waals surface area contributed by atoms with Gasteiger partial charge in [-0.1, -0.05) is 0 Å². The molecule has 8 nitrogen and oxygen atoms in total. The number of amides is 1. The van der Waals surface area contributed by atoms with Gasteiger partial charge < -0.3 is 19.1 Å². The van der Waals surface area contributed by atoms with Crippen LogP contribution in [0.3, 0.4) is 0 Å². The Hall–Kier alpha value is -2.90. The van der Waals surface area contributed by atoms with Gasteiger partial charge in [-0.05, 0) is 58.6 Å². The van der Waals surface area contributed by atoms with Crippen LogP contribution in [0.5, 0.6) is 17.5 Å². The van der Waals surface area contributed by atoms with Crippen molar-refractivity contribution in [1.82, 2.24) is 19.9 Å². The van der Waals surface area contributed by atoms with Crippen LogP contribution in [0.1, 0.15) is 56.7 Å². The van der Waals surface area contributed by atoms with Gasteiger partial charge in [0.25, 0.3) is 0 Å². The summed E-state index contributed by atoms with van der Waals surface area (Å²) in [4.78, 5) is 27.5. The van der Waals surface area contributed by atoms with Crippen LogP contribution in [0, 0.1) is 13.8 Å². The Kier molecular flexibility index (Phi) is 4.95. The number of hydrogen-bond acceptors (Lipinski definition) is 7. The second kappa shape index (κ2) is 7.66. The number of aryl methyl sites for hydroxylation is 1. The third-order valence-corrected chi connectivity index (χ3v) is 6.62. The maximum Gasteiger partial charge on any atom is 0.410 e. The number of fused-ring (bicyclic) bond motifs is 2. The topological polar surface area (TPSA) is 86.7 Å². The van der Waals surface area contributed by atoms with Crippen LogP contribution in [-0.2, 0) is 4.74 Å². The van der Waals surface area contributed by atoms with Crippen LogP contribution in [-0.4, -0.2) is 49.7 Å². The molecule has 0 N–H and O–H groups in total. The SMILES string of the molecule is Cc1ncccc1Oc1ncnc(OC2C[C@H]3CC[C@@H](C2)N3C(=O)OC2(C)CC2)c1C. The second-order valence-electron chi connectivity index (χ2n) is 9.12. The molecule has 3 atom stereocenters. The van der Waals surface area contributed by atoms with E-state index in [1.54, 1.807) is 6.20 Å². The molecule has 4 heterocycles. The van der Waals surface area contributed by atoms with Gasteiger partial charge in [0.1, 0.15) is 18.0 Å². The Morgan fingerprint density at radius 2 is 1.81 bits per heavy atom. The van der Waals surface area contributed by atoms with E-state index in [0.717, 1.165) is 49.8 Å². The molecule has 2 aliphatic heterocycles. The third-order valence-electron chi connectivity index (χ3n) is 6.62. The quantitative estimate of drug-likeness (QED) is 0.705. The van der Waals surface area contributed by atoms with E-state index in [0.29, 0.717) is 17.5 Å². The van der Waals surface area contributed by atoms with Crippen molar-refractivity contribution in [1.29, 1.82) is 0 Å². The van der Waals surface area contributed by atoms with E-state index in [9.17, 15) is 4.79 Å². The highest BCUT2D eigenvalue weighted by atomic mass is 16.6. The van der Waals surface area contributed by atoms with Gasteiger partial charge in [-0.25, -0.2) is 14.8 Å². The summed E-state index contributed by atoms with van der Waals surface area (Å²) in [5.41, 5.74) is 1.30. The Bertz CT molecular complexity index is 979. The molecule has 1 unspecified atom stereocenters. The zero-order valence-electron chi connectivity index (χ0n) is 18.2. The Morgan fingerprint density at radius 1 is 1.10 bits per heavy atom. The minimum Gasteiger partial charge on any atom is -0.474 e. The van der Waals surface area contributed by atoms with Crippen LogP contribution in [0.25, 0.3) is 0 Å². The highest BCUT2D eigenvalue weighted by Crippen LogP contribution is 2.43. The third kappa shape index (κ3) is 4.03. The first-order valence-corrected chi connectivity index (χ1v) is 11.0. The molecule has 2 aromatic rings. The number of pyridine rings is 1. The van der Waals surface area contributed by atoms with Crippen LogP contribution in [0.2, 0.25) is 0 Å². The van der Waals surface area contributed by atoms with Gasteiger partial charge in [0.2, 0.25) is 11.8 Å². The van der Waals surface area contributed by atoms with E-state index in [2.05, 4.69) is 15.0 Å². The van der Waals surface area contributed by atoms with Crippen molar-refractivity contribution in [2.45, 2.75) is 83.1 Å². The Morgan fingerprint density at radius 3 is 2.48 bits per heavy atom. The standard InChI is InChI=1S/C23H28N4O4/c1-14-20(25-13-26-21(14)30-19-5-4-10-24-15(19)2)29-18-11-16-6-7-17(12-18)27(16)22(28)31-23(3)8-9-23/h4-5,10,13,16-18H,6-9,11-12H2,1-3H3/t16-,17+,18?. The van der Waals surface area contributed by atoms with Crippen LogP contribution < -0.4 is 9.47 Å². The van der Waals surface area contributed by atoms with Gasteiger partial charge in [0, 0.05) is 31.1 Å². The average molecular weight is 425 g/mol. The molecule has 1 saturated carbocycles. The fraction of sp³-hybridized carbons (Fsp3) is 0.565. The van der Waals surface area contributed by atoms with E-state index >= 15 is 0 Å². The molecular formula is C23H28N4O4. The lowest BCUT2D eigenvalue weighted by Crippen LogP contribution is -2.50. The number of carbonyl (C=O) groups excluding carboxylic acids is 1. The largest absolute Gasteiger partial charge is 0.474 e. The summed E-state index contributed by atoms with van der Waals surface area (Å²) in [5, 5.41) is 0. The first-order chi connectivity index (χ1) is 14.9. The molecule has 31 heavy (non-hydrogen) atoms. The molecule has 2 aromatic heterocycles. The van der Waals surface area contributed by atoms with E-state index in [1.165, 1.54) is 6.33 Å². The molecule has 1 amide bonds. The van der Waals surface area contributed by atoms with Crippen molar-refractivity contribution in [3.63, 3.8) is 0 Å². The smallest absolute Gasteiger partial charge is 0.410 e. The van der Waals surface area contributed by atoms with Gasteiger partial charge in [0.15, 0.2) is 5.75 Å². The van der Waals surface area contributed by atoms with Crippen molar-refractivity contribution < 1.29 is 19.0 Å². The van der Waals surface area contributed by atoms with Gasteiger partial charge in [-0.3, -0.25) is 4.98 Å². The predicted molar refractivity (Wildman–Crippen MR) is 112 cm³/mol. The summed E-state index contributed by atoms with van der Waals surface area (Å²) in [6.07, 6.45) is 8.50. The number of carbonyl (C=O) groups is 1. The molecular weight excluding hydrogens is 396 g/mol. The van der Waals surface area contributed by atoms with Gasteiger partial charge in [-0.2, -0.15) is 0 Å². The first-order valence-electron chi connectivity index (χ1n) is 11.0. The molecule has 3 aliphatic rings. The Balaban J connectivity index is 1.26. The maximum atomic E-state index is 12.7. The molecule has 2 saturated heterocycles. The Labute approximate surface area is 182 Å². The number of nitrogens with zero attached hydrogens (tertiary/aromatic N) is 4. The summed E-state index contributed by atoms with van der Waals surface area (Å²) in [5.74, 6) is 1.64. The summed E-state index contributed by atoms with van der Waals surface area (Å²) in [6.45, 7) is 5.79. The fourth-order valence-electron chi connectivity index (χ4n) is 4.54. The van der Waals surface area contributed by atoms with Crippen molar-refractivity contribution in [2.24, 2.45) is 0 Å². The van der Waals surface area contributed by atoms with E-state index in [4.69, 9.17) is 14.2 Å². The number of piperidine rings is 1. The molecule has 3 fully saturated rings. The first kappa shape index (κ1) is 20.0. The molecule has 8 heteroatoms. The molecule has 164 valence electrons. The number of ether oxygens (including phenoxy) is 3. The van der Waals surface area contributed by atoms with Crippen molar-refractivity contribution in [3.05, 3.63) is 35.9 Å². The minimum atomic E-state index is -0.245. The number of rotatable bonds is 5. The van der Waals surface area contributed by atoms with Crippen LogP contribution in [0.15, 0.2) is 24.7 Å². The minimum absolute atomic E-state index is 0.000334. The van der Waals surface area contributed by atoms with E-state index < -0.39 is 0 Å². The summed E-state index contributed by atoms with van der Waals surface area (Å²) in [6, 6.07) is 4.01. The van der Waals surface area contributed by atoms with E-state index in [-0.39, 0.29) is 29.9 Å². The van der Waals surface area contributed by atoms with Crippen molar-refractivity contribution in [2.75, 3.05) is 0 Å². The van der Waals surface area contributed by atoms with Crippen molar-refractivity contribution in [3.8, 4) is 17.5 Å². The summed E-state index contributed by atoms with van der Waals surface area (Å²) >= 11 is 0. The predicted octanol–water partition coefficient (Wildman–Crippen LogP) is 4.34. The molecule has 1 aliphatic carbocycles. The lowest BCUT2D eigenvalue weighted by Gasteiger charge is -2.38. The molecule has 0 spiro atoms. The number of aromatic nitrogens is 3. The summed E-state index contributed by atoms with van der Waals surface area (Å²) in [7, 11) is 0. The van der Waals surface area contributed by atoms with Crippen LogP contribution in [0.4, 0.5) is 4.79 Å². The number of hydrogen-bond donors (Lipinski definition) is 0. The zero-order chi connectivity index (χ0) is 21.6. The monoisotopic (exact) mass is 424 g/mol. The highest BCUT2D eigenvalue weighted by molar-refractivity contribution is 5.70. The average Bonchev–Trinajstić information content (AvgIpc) is 3.39. The lowest BCUT2D eigenvalue weighted by molar-refractivity contribution is 0.0114.